The summed E-state index contributed by atoms with van der Waals surface area (Å²) >= 11 is 0. The number of rotatable bonds is 12. The fraction of sp³-hybridized carbons (Fsp3) is 0.632. The van der Waals surface area contributed by atoms with Gasteiger partial charge in [-0.1, -0.05) is 64.0 Å². The molecule has 0 spiro atoms. The number of halogens is 1. The number of nitrogens with two attached hydrogens (primary N) is 1. The highest BCUT2D eigenvalue weighted by Gasteiger charge is 2.01. The van der Waals surface area contributed by atoms with Crippen molar-refractivity contribution in [2.45, 2.75) is 71.1 Å². The van der Waals surface area contributed by atoms with Crippen LogP contribution in [0.1, 0.15) is 70.3 Å². The first-order valence-electron chi connectivity index (χ1n) is 8.85. The van der Waals surface area contributed by atoms with Gasteiger partial charge in [0.05, 0.1) is 0 Å². The number of nitrogens with one attached hydrogen (secondary N) is 1. The third-order valence-electron chi connectivity index (χ3n) is 3.93. The Bertz CT molecular complexity index is 406. The molecule has 0 heterocycles. The van der Waals surface area contributed by atoms with Gasteiger partial charge in [0.15, 0.2) is 0 Å². The molecule has 132 valence electrons. The first kappa shape index (κ1) is 21.9. The minimum absolute atomic E-state index is 0. The van der Waals surface area contributed by atoms with E-state index in [1.165, 1.54) is 56.9 Å². The van der Waals surface area contributed by atoms with Crippen molar-refractivity contribution >= 4 is 24.0 Å². The van der Waals surface area contributed by atoms with E-state index >= 15 is 0 Å². The summed E-state index contributed by atoms with van der Waals surface area (Å²) in [5, 5.41) is 2.85. The average molecular weight is 341 g/mol. The van der Waals surface area contributed by atoms with Gasteiger partial charge in [0.2, 0.25) is 5.91 Å². The Kier molecular flexibility index (Phi) is 13.9. The Hall–Kier alpha value is -1.06. The van der Waals surface area contributed by atoms with Crippen molar-refractivity contribution in [2.24, 2.45) is 5.73 Å². The molecule has 23 heavy (non-hydrogen) atoms. The van der Waals surface area contributed by atoms with Gasteiger partial charge in [-0.3, -0.25) is 4.79 Å². The molecule has 0 bridgehead atoms. The van der Waals surface area contributed by atoms with Crippen LogP contribution in [0.25, 0.3) is 0 Å². The molecule has 3 N–H and O–H groups in total. The molecule has 0 atom stereocenters. The highest BCUT2D eigenvalue weighted by Crippen LogP contribution is 2.14. The summed E-state index contributed by atoms with van der Waals surface area (Å²) in [7, 11) is 0. The molecule has 1 aromatic rings. The van der Waals surface area contributed by atoms with Crippen LogP contribution < -0.4 is 11.1 Å². The van der Waals surface area contributed by atoms with Crippen molar-refractivity contribution in [1.82, 2.24) is 0 Å². The van der Waals surface area contributed by atoms with E-state index in [9.17, 15) is 4.79 Å². The number of carbonyl (C=O) groups is 1. The van der Waals surface area contributed by atoms with E-state index < -0.39 is 0 Å². The van der Waals surface area contributed by atoms with Crippen LogP contribution >= 0.6 is 12.4 Å². The molecule has 0 saturated carbocycles. The second-order valence-corrected chi connectivity index (χ2v) is 6.01. The third-order valence-corrected chi connectivity index (χ3v) is 3.93. The van der Waals surface area contributed by atoms with Crippen molar-refractivity contribution < 1.29 is 4.79 Å². The van der Waals surface area contributed by atoms with Crippen LogP contribution in [0.5, 0.6) is 0 Å². The number of carbonyl (C=O) groups excluding carboxylic acids is 1. The first-order chi connectivity index (χ1) is 10.8. The summed E-state index contributed by atoms with van der Waals surface area (Å²) in [6.45, 7) is 2.65. The normalized spacial score (nSPS) is 10.2. The highest BCUT2D eigenvalue weighted by molar-refractivity contribution is 5.90. The lowest BCUT2D eigenvalue weighted by Gasteiger charge is -2.06. The van der Waals surface area contributed by atoms with E-state index in [4.69, 9.17) is 5.73 Å². The van der Waals surface area contributed by atoms with Gasteiger partial charge in [-0.15, -0.1) is 12.4 Å². The Morgan fingerprint density at radius 1 is 0.957 bits per heavy atom. The Balaban J connectivity index is 0.00000484. The molecular weight excluding hydrogens is 308 g/mol. The van der Waals surface area contributed by atoms with Crippen LogP contribution in [0.4, 0.5) is 5.69 Å². The number of hydrogen-bond acceptors (Lipinski definition) is 2. The molecule has 1 aromatic carbocycles. The molecule has 0 aliphatic carbocycles. The third kappa shape index (κ3) is 11.2. The van der Waals surface area contributed by atoms with Gasteiger partial charge in [-0.2, -0.15) is 0 Å². The van der Waals surface area contributed by atoms with Gasteiger partial charge in [-0.25, -0.2) is 0 Å². The molecule has 4 heteroatoms. The molecule has 0 fully saturated rings. The summed E-state index contributed by atoms with van der Waals surface area (Å²) in [4.78, 5) is 11.4. The number of benzene rings is 1. The van der Waals surface area contributed by atoms with E-state index in [0.717, 1.165) is 12.1 Å². The van der Waals surface area contributed by atoms with E-state index in [2.05, 4.69) is 24.4 Å². The SMILES string of the molecule is CCCCCCCCCCc1ccc(NC(=O)CCN)cc1.Cl. The standard InChI is InChI=1S/C19H32N2O.ClH/c1-2-3-4-5-6-7-8-9-10-17-11-13-18(14-12-17)21-19(22)15-16-20;/h11-14H,2-10,15-16,20H2,1H3,(H,21,22);1H. The van der Waals surface area contributed by atoms with Crippen molar-refractivity contribution in [3.8, 4) is 0 Å². The van der Waals surface area contributed by atoms with Gasteiger partial charge >= 0.3 is 0 Å². The largest absolute Gasteiger partial charge is 0.330 e. The number of unbranched alkanes of at least 4 members (excludes halogenated alkanes) is 7. The maximum absolute atomic E-state index is 11.4. The number of aryl methyl sites for hydroxylation is 1. The minimum Gasteiger partial charge on any atom is -0.330 e. The number of hydrogen-bond donors (Lipinski definition) is 2. The maximum atomic E-state index is 11.4. The Morgan fingerprint density at radius 3 is 2.09 bits per heavy atom. The van der Waals surface area contributed by atoms with E-state index in [1.807, 2.05) is 12.1 Å². The Labute approximate surface area is 147 Å². The Morgan fingerprint density at radius 2 is 1.52 bits per heavy atom. The summed E-state index contributed by atoms with van der Waals surface area (Å²) in [5.74, 6) is -0.0154. The quantitative estimate of drug-likeness (QED) is 0.521. The highest BCUT2D eigenvalue weighted by atomic mass is 35.5. The second-order valence-electron chi connectivity index (χ2n) is 6.01. The zero-order valence-corrected chi connectivity index (χ0v) is 15.3. The topological polar surface area (TPSA) is 55.1 Å². The van der Waals surface area contributed by atoms with Crippen LogP contribution in [-0.2, 0) is 11.2 Å². The van der Waals surface area contributed by atoms with Crippen molar-refractivity contribution in [1.29, 1.82) is 0 Å². The lowest BCUT2D eigenvalue weighted by molar-refractivity contribution is -0.116. The summed E-state index contributed by atoms with van der Waals surface area (Å²) in [6, 6.07) is 8.18. The van der Waals surface area contributed by atoms with Gasteiger partial charge in [-0.05, 0) is 30.5 Å². The minimum atomic E-state index is -0.0154. The van der Waals surface area contributed by atoms with Crippen LogP contribution in [0.15, 0.2) is 24.3 Å². The number of anilines is 1. The second kappa shape index (κ2) is 14.5. The van der Waals surface area contributed by atoms with Crippen molar-refractivity contribution in [3.05, 3.63) is 29.8 Å². The molecule has 1 amide bonds. The molecule has 0 unspecified atom stereocenters. The molecule has 1 rings (SSSR count). The van der Waals surface area contributed by atoms with Crippen LogP contribution in [0.3, 0.4) is 0 Å². The first-order valence-corrected chi connectivity index (χ1v) is 8.85. The molecule has 3 nitrogen and oxygen atoms in total. The molecule has 0 aromatic heterocycles. The van der Waals surface area contributed by atoms with E-state index in [-0.39, 0.29) is 18.3 Å². The smallest absolute Gasteiger partial charge is 0.225 e. The lowest BCUT2D eigenvalue weighted by Crippen LogP contribution is -2.16. The molecule has 0 aliphatic heterocycles. The zero-order chi connectivity index (χ0) is 16.0. The molecule has 0 aliphatic rings. The fourth-order valence-corrected chi connectivity index (χ4v) is 2.57. The molecular formula is C19H33ClN2O. The van der Waals surface area contributed by atoms with Crippen molar-refractivity contribution in [2.75, 3.05) is 11.9 Å². The van der Waals surface area contributed by atoms with Crippen molar-refractivity contribution in [3.63, 3.8) is 0 Å². The van der Waals surface area contributed by atoms with Crippen LogP contribution in [-0.4, -0.2) is 12.5 Å². The summed E-state index contributed by atoms with van der Waals surface area (Å²) in [6.07, 6.45) is 12.3. The fourth-order valence-electron chi connectivity index (χ4n) is 2.57. The number of amides is 1. The summed E-state index contributed by atoms with van der Waals surface area (Å²) < 4.78 is 0. The molecule has 0 radical (unpaired) electrons. The van der Waals surface area contributed by atoms with Crippen LogP contribution in [0, 0.1) is 0 Å². The predicted molar refractivity (Wildman–Crippen MR) is 102 cm³/mol. The van der Waals surface area contributed by atoms with Gasteiger partial charge < -0.3 is 11.1 Å². The average Bonchev–Trinajstić information content (AvgIpc) is 2.52. The zero-order valence-electron chi connectivity index (χ0n) is 14.5. The maximum Gasteiger partial charge on any atom is 0.225 e. The summed E-state index contributed by atoms with van der Waals surface area (Å²) in [5.41, 5.74) is 7.57. The molecule has 0 saturated heterocycles. The lowest BCUT2D eigenvalue weighted by atomic mass is 10.0. The predicted octanol–water partition coefficient (Wildman–Crippen LogP) is 5.08. The van der Waals surface area contributed by atoms with Gasteiger partial charge in [0.25, 0.3) is 0 Å². The van der Waals surface area contributed by atoms with E-state index in [0.29, 0.717) is 13.0 Å². The van der Waals surface area contributed by atoms with E-state index in [1.54, 1.807) is 0 Å². The van der Waals surface area contributed by atoms with Gasteiger partial charge in [0.1, 0.15) is 0 Å². The monoisotopic (exact) mass is 340 g/mol. The van der Waals surface area contributed by atoms with Gasteiger partial charge in [0, 0.05) is 18.7 Å². The van der Waals surface area contributed by atoms with Crippen LogP contribution in [0.2, 0.25) is 0 Å².